The Bertz CT molecular complexity index is 398. The lowest BCUT2D eigenvalue weighted by atomic mass is 10.2. The smallest absolute Gasteiger partial charge is 0.305 e. The average Bonchev–Trinajstić information content (AvgIpc) is 2.39. The van der Waals surface area contributed by atoms with Crippen molar-refractivity contribution in [2.24, 2.45) is 0 Å². The van der Waals surface area contributed by atoms with Gasteiger partial charge in [-0.1, -0.05) is 19.8 Å². The molecule has 19 heavy (non-hydrogen) atoms. The third-order valence-electron chi connectivity index (χ3n) is 2.79. The van der Waals surface area contributed by atoms with Crippen molar-refractivity contribution >= 4 is 17.6 Å². The third kappa shape index (κ3) is 6.03. The largest absolute Gasteiger partial charge is 0.481 e. The van der Waals surface area contributed by atoms with Crippen LogP contribution in [0.4, 0.5) is 11.6 Å². The number of carboxylic acid groups (broad SMARTS) is 1. The fourth-order valence-electron chi connectivity index (χ4n) is 1.66. The molecule has 0 bridgehead atoms. The summed E-state index contributed by atoms with van der Waals surface area (Å²) in [6.45, 7) is 3.50. The molecule has 0 radical (unpaired) electrons. The van der Waals surface area contributed by atoms with Crippen LogP contribution in [0.3, 0.4) is 0 Å². The van der Waals surface area contributed by atoms with Crippen LogP contribution in [0.5, 0.6) is 0 Å². The zero-order valence-electron chi connectivity index (χ0n) is 11.6. The lowest BCUT2D eigenvalue weighted by Crippen LogP contribution is -2.20. The van der Waals surface area contributed by atoms with Crippen LogP contribution in [-0.2, 0) is 4.79 Å². The highest BCUT2D eigenvalue weighted by atomic mass is 16.4. The number of rotatable bonds is 9. The van der Waals surface area contributed by atoms with Crippen LogP contribution in [0.2, 0.25) is 0 Å². The summed E-state index contributed by atoms with van der Waals surface area (Å²) in [5.74, 6) is 0.691. The van der Waals surface area contributed by atoms with Gasteiger partial charge in [0, 0.05) is 26.2 Å². The lowest BCUT2D eigenvalue weighted by Gasteiger charge is -2.18. The molecule has 0 unspecified atom stereocenters. The van der Waals surface area contributed by atoms with Crippen molar-refractivity contribution in [2.75, 3.05) is 30.4 Å². The zero-order chi connectivity index (χ0) is 14.1. The highest BCUT2D eigenvalue weighted by Crippen LogP contribution is 2.13. The molecule has 6 nitrogen and oxygen atoms in total. The first kappa shape index (κ1) is 15.2. The number of hydrogen-bond donors (Lipinski definition) is 2. The Kier molecular flexibility index (Phi) is 6.63. The van der Waals surface area contributed by atoms with Crippen molar-refractivity contribution in [1.29, 1.82) is 0 Å². The number of carboxylic acids is 1. The standard InChI is InChI=1S/C13H22N4O2/c1-3-4-5-8-17(2)12-9-11(15-10-16-12)14-7-6-13(18)19/h9-10H,3-8H2,1-2H3,(H,18,19)(H,14,15,16). The maximum absolute atomic E-state index is 10.4. The third-order valence-corrected chi connectivity index (χ3v) is 2.79. The van der Waals surface area contributed by atoms with Crippen LogP contribution in [0.25, 0.3) is 0 Å². The van der Waals surface area contributed by atoms with Gasteiger partial charge >= 0.3 is 5.97 Å². The van der Waals surface area contributed by atoms with Gasteiger partial charge in [0.25, 0.3) is 0 Å². The minimum atomic E-state index is -0.821. The molecule has 0 fully saturated rings. The molecule has 1 aromatic heterocycles. The number of nitrogens with zero attached hydrogens (tertiary/aromatic N) is 3. The summed E-state index contributed by atoms with van der Waals surface area (Å²) in [5.41, 5.74) is 0. The normalized spacial score (nSPS) is 10.2. The van der Waals surface area contributed by atoms with E-state index in [-0.39, 0.29) is 6.42 Å². The Balaban J connectivity index is 2.48. The molecule has 0 aliphatic heterocycles. The van der Waals surface area contributed by atoms with E-state index in [1.807, 2.05) is 13.1 Å². The Labute approximate surface area is 113 Å². The van der Waals surface area contributed by atoms with Gasteiger partial charge in [0.05, 0.1) is 6.42 Å². The number of aromatic nitrogens is 2. The molecule has 1 heterocycles. The minimum absolute atomic E-state index is 0.0751. The number of unbranched alkanes of at least 4 members (excludes halogenated alkanes) is 2. The molecule has 0 saturated carbocycles. The Morgan fingerprint density at radius 2 is 2.21 bits per heavy atom. The first-order valence-electron chi connectivity index (χ1n) is 6.62. The van der Waals surface area contributed by atoms with Crippen LogP contribution in [0.15, 0.2) is 12.4 Å². The first-order valence-corrected chi connectivity index (χ1v) is 6.62. The van der Waals surface area contributed by atoms with E-state index in [0.717, 1.165) is 18.8 Å². The van der Waals surface area contributed by atoms with Gasteiger partial charge in [-0.25, -0.2) is 9.97 Å². The van der Waals surface area contributed by atoms with Crippen LogP contribution < -0.4 is 10.2 Å². The molecule has 1 aromatic rings. The van der Waals surface area contributed by atoms with E-state index in [1.54, 1.807) is 0 Å². The topological polar surface area (TPSA) is 78.4 Å². The number of anilines is 2. The number of hydrogen-bond acceptors (Lipinski definition) is 5. The number of aliphatic carboxylic acids is 1. The molecule has 0 aliphatic carbocycles. The number of carbonyl (C=O) groups is 1. The molecular weight excluding hydrogens is 244 g/mol. The SMILES string of the molecule is CCCCCN(C)c1cc(NCCC(=O)O)ncn1. The Hall–Kier alpha value is -1.85. The fraction of sp³-hybridized carbons (Fsp3) is 0.615. The monoisotopic (exact) mass is 266 g/mol. The van der Waals surface area contributed by atoms with Crippen LogP contribution in [-0.4, -0.2) is 41.2 Å². The second-order valence-electron chi connectivity index (χ2n) is 4.46. The van der Waals surface area contributed by atoms with E-state index in [0.29, 0.717) is 12.4 Å². The van der Waals surface area contributed by atoms with E-state index < -0.39 is 5.97 Å². The zero-order valence-corrected chi connectivity index (χ0v) is 11.6. The summed E-state index contributed by atoms with van der Waals surface area (Å²) < 4.78 is 0. The molecule has 0 aromatic carbocycles. The molecule has 106 valence electrons. The van der Waals surface area contributed by atoms with Gasteiger partial charge < -0.3 is 15.3 Å². The molecule has 0 atom stereocenters. The van der Waals surface area contributed by atoms with E-state index in [9.17, 15) is 4.79 Å². The maximum atomic E-state index is 10.4. The van der Waals surface area contributed by atoms with Gasteiger partial charge in [0.2, 0.25) is 0 Å². The van der Waals surface area contributed by atoms with E-state index in [4.69, 9.17) is 5.11 Å². The van der Waals surface area contributed by atoms with Gasteiger partial charge in [0.1, 0.15) is 18.0 Å². The maximum Gasteiger partial charge on any atom is 0.305 e. The molecule has 6 heteroatoms. The van der Waals surface area contributed by atoms with Gasteiger partial charge in [-0.05, 0) is 6.42 Å². The van der Waals surface area contributed by atoms with Crippen molar-refractivity contribution in [3.63, 3.8) is 0 Å². The molecule has 0 saturated heterocycles. The van der Waals surface area contributed by atoms with Gasteiger partial charge in [0.15, 0.2) is 0 Å². The fourth-order valence-corrected chi connectivity index (χ4v) is 1.66. The van der Waals surface area contributed by atoms with E-state index in [2.05, 4.69) is 27.1 Å². The predicted molar refractivity (Wildman–Crippen MR) is 75.6 cm³/mol. The molecule has 0 aliphatic rings. The Morgan fingerprint density at radius 1 is 1.42 bits per heavy atom. The second-order valence-corrected chi connectivity index (χ2v) is 4.46. The van der Waals surface area contributed by atoms with Crippen molar-refractivity contribution < 1.29 is 9.90 Å². The van der Waals surface area contributed by atoms with Crippen molar-refractivity contribution in [1.82, 2.24) is 9.97 Å². The summed E-state index contributed by atoms with van der Waals surface area (Å²) in [5, 5.41) is 11.6. The highest BCUT2D eigenvalue weighted by Gasteiger charge is 2.04. The minimum Gasteiger partial charge on any atom is -0.481 e. The van der Waals surface area contributed by atoms with Crippen LogP contribution in [0, 0.1) is 0 Å². The summed E-state index contributed by atoms with van der Waals surface area (Å²) in [4.78, 5) is 20.8. The second kappa shape index (κ2) is 8.29. The molecule has 1 rings (SSSR count). The van der Waals surface area contributed by atoms with Gasteiger partial charge in [-0.15, -0.1) is 0 Å². The van der Waals surface area contributed by atoms with Crippen LogP contribution in [0.1, 0.15) is 32.6 Å². The van der Waals surface area contributed by atoms with Crippen molar-refractivity contribution in [3.05, 3.63) is 12.4 Å². The highest BCUT2D eigenvalue weighted by molar-refractivity contribution is 5.67. The summed E-state index contributed by atoms with van der Waals surface area (Å²) >= 11 is 0. The summed E-state index contributed by atoms with van der Waals surface area (Å²) in [6, 6.07) is 1.84. The number of nitrogens with one attached hydrogen (secondary N) is 1. The molecule has 0 amide bonds. The van der Waals surface area contributed by atoms with E-state index >= 15 is 0 Å². The van der Waals surface area contributed by atoms with Crippen molar-refractivity contribution in [2.45, 2.75) is 32.6 Å². The quantitative estimate of drug-likeness (QED) is 0.665. The molecule has 2 N–H and O–H groups in total. The lowest BCUT2D eigenvalue weighted by molar-refractivity contribution is -0.136. The van der Waals surface area contributed by atoms with E-state index in [1.165, 1.54) is 19.2 Å². The predicted octanol–water partition coefficient (Wildman–Crippen LogP) is 1.99. The van der Waals surface area contributed by atoms with Crippen molar-refractivity contribution in [3.8, 4) is 0 Å². The summed E-state index contributed by atoms with van der Waals surface area (Å²) in [7, 11) is 2.00. The van der Waals surface area contributed by atoms with Gasteiger partial charge in [-0.2, -0.15) is 0 Å². The Morgan fingerprint density at radius 3 is 2.89 bits per heavy atom. The average molecular weight is 266 g/mol. The van der Waals surface area contributed by atoms with Crippen LogP contribution >= 0.6 is 0 Å². The molecule has 0 spiro atoms. The first-order chi connectivity index (χ1) is 9.13. The molecular formula is C13H22N4O2. The van der Waals surface area contributed by atoms with Gasteiger partial charge in [-0.3, -0.25) is 4.79 Å². The summed E-state index contributed by atoms with van der Waals surface area (Å²) in [6.07, 6.45) is 5.11.